The van der Waals surface area contributed by atoms with Crippen LogP contribution in [-0.4, -0.2) is 29.0 Å². The maximum absolute atomic E-state index is 8.64. The van der Waals surface area contributed by atoms with Crippen LogP contribution in [0.4, 0.5) is 0 Å². The third kappa shape index (κ3) is 3.27. The second kappa shape index (κ2) is 6.39. The van der Waals surface area contributed by atoms with Crippen LogP contribution in [0.5, 0.6) is 0 Å². The number of benzene rings is 2. The lowest BCUT2D eigenvalue weighted by atomic mass is 10.0. The first kappa shape index (κ1) is 14.3. The van der Waals surface area contributed by atoms with E-state index >= 15 is 0 Å². The van der Waals surface area contributed by atoms with E-state index in [1.807, 2.05) is 0 Å². The molecule has 0 saturated carbocycles. The van der Waals surface area contributed by atoms with Crippen molar-refractivity contribution in [3.63, 3.8) is 0 Å². The van der Waals surface area contributed by atoms with Crippen molar-refractivity contribution in [2.75, 3.05) is 7.05 Å². The van der Waals surface area contributed by atoms with Crippen LogP contribution in [0, 0.1) is 0 Å². The molecule has 20 heavy (non-hydrogen) atoms. The highest BCUT2D eigenvalue weighted by Gasteiger charge is 2.12. The second-order valence-corrected chi connectivity index (χ2v) is 5.20. The minimum Gasteiger partial charge on any atom is -0.409 e. The molecular weight excluding hydrogens is 250 g/mol. The summed E-state index contributed by atoms with van der Waals surface area (Å²) in [4.78, 5) is 2.21. The lowest BCUT2D eigenvalue weighted by Crippen LogP contribution is -2.32. The fourth-order valence-corrected chi connectivity index (χ4v) is 2.35. The first-order chi connectivity index (χ1) is 9.61. The van der Waals surface area contributed by atoms with Crippen LogP contribution >= 0.6 is 0 Å². The van der Waals surface area contributed by atoms with E-state index in [1.54, 1.807) is 0 Å². The molecule has 0 aromatic heterocycles. The van der Waals surface area contributed by atoms with Crippen LogP contribution in [-0.2, 0) is 6.54 Å². The lowest BCUT2D eigenvalue weighted by Gasteiger charge is -2.24. The Balaban J connectivity index is 2.15. The molecule has 0 aliphatic rings. The quantitative estimate of drug-likeness (QED) is 0.380. The highest BCUT2D eigenvalue weighted by Crippen LogP contribution is 2.20. The van der Waals surface area contributed by atoms with Gasteiger partial charge in [-0.15, -0.1) is 0 Å². The van der Waals surface area contributed by atoms with Gasteiger partial charge in [-0.25, -0.2) is 0 Å². The van der Waals surface area contributed by atoms with Crippen molar-refractivity contribution in [2.45, 2.75) is 25.9 Å². The molecule has 4 heteroatoms. The van der Waals surface area contributed by atoms with Gasteiger partial charge in [-0.05, 0) is 30.3 Å². The van der Waals surface area contributed by atoms with Crippen LogP contribution in [0.25, 0.3) is 10.8 Å². The predicted octanol–water partition coefficient (Wildman–Crippen LogP) is 2.80. The van der Waals surface area contributed by atoms with Crippen LogP contribution < -0.4 is 5.73 Å². The number of hydrogen-bond acceptors (Lipinski definition) is 3. The zero-order valence-electron chi connectivity index (χ0n) is 12.0. The van der Waals surface area contributed by atoms with E-state index in [-0.39, 0.29) is 11.9 Å². The molecule has 0 bridgehead atoms. The standard InChI is InChI=1S/C16H21N3O/c1-12(10-16(17)18-20)19(2)11-14-8-5-7-13-6-3-4-9-15(13)14/h3-9,12,20H,10-11H2,1-2H3,(H2,17,18). The third-order valence-corrected chi connectivity index (χ3v) is 3.69. The fraction of sp³-hybridized carbons (Fsp3) is 0.312. The van der Waals surface area contributed by atoms with Crippen LogP contribution in [0.1, 0.15) is 18.9 Å². The van der Waals surface area contributed by atoms with Crippen molar-refractivity contribution >= 4 is 16.6 Å². The number of oxime groups is 1. The largest absolute Gasteiger partial charge is 0.409 e. The zero-order valence-corrected chi connectivity index (χ0v) is 12.0. The number of nitrogens with two attached hydrogens (primary N) is 1. The van der Waals surface area contributed by atoms with Gasteiger partial charge < -0.3 is 10.9 Å². The van der Waals surface area contributed by atoms with Crippen molar-refractivity contribution in [3.8, 4) is 0 Å². The number of hydrogen-bond donors (Lipinski definition) is 2. The topological polar surface area (TPSA) is 61.9 Å². The van der Waals surface area contributed by atoms with Gasteiger partial charge in [-0.3, -0.25) is 4.90 Å². The summed E-state index contributed by atoms with van der Waals surface area (Å²) < 4.78 is 0. The summed E-state index contributed by atoms with van der Waals surface area (Å²) in [6.45, 7) is 2.91. The minimum absolute atomic E-state index is 0.213. The number of nitrogens with zero attached hydrogens (tertiary/aromatic N) is 2. The molecule has 0 aliphatic carbocycles. The molecule has 0 heterocycles. The van der Waals surface area contributed by atoms with Gasteiger partial charge in [0.05, 0.1) is 0 Å². The molecule has 2 aromatic rings. The average Bonchev–Trinajstić information content (AvgIpc) is 2.47. The van der Waals surface area contributed by atoms with Gasteiger partial charge in [0, 0.05) is 19.0 Å². The van der Waals surface area contributed by atoms with E-state index in [9.17, 15) is 0 Å². The molecule has 2 rings (SSSR count). The fourth-order valence-electron chi connectivity index (χ4n) is 2.35. The first-order valence-electron chi connectivity index (χ1n) is 6.75. The Morgan fingerprint density at radius 2 is 1.95 bits per heavy atom. The Bertz CT molecular complexity index is 604. The van der Waals surface area contributed by atoms with E-state index in [2.05, 4.69) is 66.5 Å². The Morgan fingerprint density at radius 1 is 1.25 bits per heavy atom. The zero-order chi connectivity index (χ0) is 14.5. The molecule has 0 radical (unpaired) electrons. The molecule has 0 aliphatic heterocycles. The van der Waals surface area contributed by atoms with Gasteiger partial charge in [0.2, 0.25) is 0 Å². The van der Waals surface area contributed by atoms with E-state index < -0.39 is 0 Å². The van der Waals surface area contributed by atoms with E-state index in [4.69, 9.17) is 10.9 Å². The molecule has 106 valence electrons. The normalized spacial score (nSPS) is 13.8. The Kier molecular flexibility index (Phi) is 4.58. The Morgan fingerprint density at radius 3 is 2.70 bits per heavy atom. The summed E-state index contributed by atoms with van der Waals surface area (Å²) in [5, 5.41) is 14.2. The van der Waals surface area contributed by atoms with Crippen molar-refractivity contribution < 1.29 is 5.21 Å². The molecule has 4 nitrogen and oxygen atoms in total. The summed E-state index contributed by atoms with van der Waals surface area (Å²) in [5.41, 5.74) is 6.86. The molecule has 0 spiro atoms. The minimum atomic E-state index is 0.213. The molecule has 0 saturated heterocycles. The van der Waals surface area contributed by atoms with Gasteiger partial charge in [-0.2, -0.15) is 0 Å². The van der Waals surface area contributed by atoms with Gasteiger partial charge >= 0.3 is 0 Å². The van der Waals surface area contributed by atoms with Gasteiger partial charge in [-0.1, -0.05) is 47.6 Å². The number of rotatable bonds is 5. The highest BCUT2D eigenvalue weighted by atomic mass is 16.4. The highest BCUT2D eigenvalue weighted by molar-refractivity contribution is 5.85. The first-order valence-corrected chi connectivity index (χ1v) is 6.75. The molecule has 0 fully saturated rings. The third-order valence-electron chi connectivity index (χ3n) is 3.69. The summed E-state index contributed by atoms with van der Waals surface area (Å²) in [6.07, 6.45) is 0.553. The van der Waals surface area contributed by atoms with Crippen molar-refractivity contribution in [2.24, 2.45) is 10.9 Å². The number of fused-ring (bicyclic) bond motifs is 1. The molecule has 2 aromatic carbocycles. The summed E-state index contributed by atoms with van der Waals surface area (Å²) in [7, 11) is 2.05. The molecule has 0 amide bonds. The van der Waals surface area contributed by atoms with E-state index in [0.717, 1.165) is 6.54 Å². The smallest absolute Gasteiger partial charge is 0.140 e. The SMILES string of the molecule is CC(CC(N)=NO)N(C)Cc1cccc2ccccc12. The van der Waals surface area contributed by atoms with Crippen molar-refractivity contribution in [1.82, 2.24) is 4.90 Å². The summed E-state index contributed by atoms with van der Waals surface area (Å²) in [6, 6.07) is 15.0. The van der Waals surface area contributed by atoms with E-state index in [0.29, 0.717) is 6.42 Å². The van der Waals surface area contributed by atoms with Crippen molar-refractivity contribution in [1.29, 1.82) is 0 Å². The predicted molar refractivity (Wildman–Crippen MR) is 82.9 cm³/mol. The Labute approximate surface area is 119 Å². The van der Waals surface area contributed by atoms with Gasteiger partial charge in [0.15, 0.2) is 0 Å². The summed E-state index contributed by atoms with van der Waals surface area (Å²) >= 11 is 0. The maximum atomic E-state index is 8.64. The maximum Gasteiger partial charge on any atom is 0.140 e. The molecule has 3 N–H and O–H groups in total. The molecular formula is C16H21N3O. The number of amidine groups is 1. The van der Waals surface area contributed by atoms with Gasteiger partial charge in [0.25, 0.3) is 0 Å². The summed E-state index contributed by atoms with van der Waals surface area (Å²) in [5.74, 6) is 0.266. The monoisotopic (exact) mass is 271 g/mol. The van der Waals surface area contributed by atoms with Gasteiger partial charge in [0.1, 0.15) is 5.84 Å². The Hall–Kier alpha value is -2.07. The average molecular weight is 271 g/mol. The van der Waals surface area contributed by atoms with Crippen LogP contribution in [0.3, 0.4) is 0 Å². The second-order valence-electron chi connectivity index (χ2n) is 5.20. The van der Waals surface area contributed by atoms with Crippen LogP contribution in [0.2, 0.25) is 0 Å². The molecule has 1 atom stereocenters. The molecule has 1 unspecified atom stereocenters. The van der Waals surface area contributed by atoms with Crippen LogP contribution in [0.15, 0.2) is 47.6 Å². The van der Waals surface area contributed by atoms with Crippen molar-refractivity contribution in [3.05, 3.63) is 48.0 Å². The van der Waals surface area contributed by atoms with E-state index in [1.165, 1.54) is 16.3 Å². The lowest BCUT2D eigenvalue weighted by molar-refractivity contribution is 0.252.